The molecule has 1 atom stereocenters. The number of fused-ring (bicyclic) bond motifs is 1. The van der Waals surface area contributed by atoms with Gasteiger partial charge in [0.05, 0.1) is 22.7 Å². The van der Waals surface area contributed by atoms with E-state index in [0.717, 1.165) is 0 Å². The summed E-state index contributed by atoms with van der Waals surface area (Å²) < 4.78 is 5.16. The highest BCUT2D eigenvalue weighted by Crippen LogP contribution is 2.31. The lowest BCUT2D eigenvalue weighted by atomic mass is 10.1. The maximum Gasteiger partial charge on any atom is 0.268 e. The third kappa shape index (κ3) is 5.74. The van der Waals surface area contributed by atoms with Crippen molar-refractivity contribution in [3.63, 3.8) is 0 Å². The van der Waals surface area contributed by atoms with Gasteiger partial charge in [-0.3, -0.25) is 19.4 Å². The second-order valence-corrected chi connectivity index (χ2v) is 10.3. The van der Waals surface area contributed by atoms with Gasteiger partial charge in [-0.2, -0.15) is 0 Å². The van der Waals surface area contributed by atoms with Crippen molar-refractivity contribution in [1.82, 2.24) is 19.9 Å². The summed E-state index contributed by atoms with van der Waals surface area (Å²) >= 11 is 7.73. The van der Waals surface area contributed by atoms with Crippen LogP contribution in [-0.4, -0.2) is 50.7 Å². The van der Waals surface area contributed by atoms with Crippen molar-refractivity contribution in [1.29, 1.82) is 0 Å². The number of ether oxygens (including phenoxy) is 1. The minimum absolute atomic E-state index is 0.0825. The molecule has 198 valence electrons. The van der Waals surface area contributed by atoms with Crippen LogP contribution in [0.15, 0.2) is 60.9 Å². The van der Waals surface area contributed by atoms with E-state index >= 15 is 0 Å². The van der Waals surface area contributed by atoms with Crippen LogP contribution in [0.25, 0.3) is 0 Å². The van der Waals surface area contributed by atoms with Crippen molar-refractivity contribution in [2.24, 2.45) is 0 Å². The number of hydrogen-bond acceptors (Lipinski definition) is 8. The molecule has 1 aliphatic rings. The highest BCUT2D eigenvalue weighted by Gasteiger charge is 2.37. The van der Waals surface area contributed by atoms with Crippen molar-refractivity contribution in [3.05, 3.63) is 92.7 Å². The summed E-state index contributed by atoms with van der Waals surface area (Å²) in [4.78, 5) is 54.5. The molecule has 3 aromatic heterocycles. The number of nitrogens with zero attached hydrogens (tertiary/aromatic N) is 4. The van der Waals surface area contributed by atoms with E-state index in [1.807, 2.05) is 6.07 Å². The van der Waals surface area contributed by atoms with Crippen LogP contribution >= 0.6 is 22.9 Å². The molecule has 0 radical (unpaired) electrons. The number of amides is 3. The fourth-order valence-electron chi connectivity index (χ4n) is 4.20. The Morgan fingerprint density at radius 1 is 1.15 bits per heavy atom. The molecule has 10 nitrogen and oxygen atoms in total. The predicted octanol–water partition coefficient (Wildman–Crippen LogP) is 4.36. The molecule has 0 fully saturated rings. The molecule has 0 saturated heterocycles. The summed E-state index contributed by atoms with van der Waals surface area (Å²) in [5.41, 5.74) is 1.55. The Hall–Kier alpha value is -4.35. The summed E-state index contributed by atoms with van der Waals surface area (Å²) in [5.74, 6) is -0.00319. The summed E-state index contributed by atoms with van der Waals surface area (Å²) in [7, 11) is 1.52. The van der Waals surface area contributed by atoms with E-state index in [1.54, 1.807) is 55.6 Å². The number of aryl methyl sites for hydroxylation is 1. The molecule has 3 amide bonds. The van der Waals surface area contributed by atoms with Gasteiger partial charge in [0.2, 0.25) is 5.91 Å². The number of aromatic nitrogens is 3. The average Bonchev–Trinajstić information content (AvgIpc) is 3.27. The van der Waals surface area contributed by atoms with Crippen LogP contribution in [0.5, 0.6) is 5.75 Å². The number of benzene rings is 1. The topological polar surface area (TPSA) is 126 Å². The lowest BCUT2D eigenvalue weighted by molar-refractivity contribution is -0.120. The van der Waals surface area contributed by atoms with E-state index < -0.39 is 11.9 Å². The van der Waals surface area contributed by atoms with Crippen LogP contribution in [0.2, 0.25) is 5.02 Å². The Labute approximate surface area is 233 Å². The number of pyridine rings is 2. The van der Waals surface area contributed by atoms with Crippen LogP contribution in [0.4, 0.5) is 11.6 Å². The normalized spacial score (nSPS) is 14.8. The van der Waals surface area contributed by atoms with E-state index in [4.69, 9.17) is 16.3 Å². The lowest BCUT2D eigenvalue weighted by Crippen LogP contribution is -2.46. The number of rotatable bonds is 7. The van der Waals surface area contributed by atoms with Gasteiger partial charge in [0, 0.05) is 37.1 Å². The van der Waals surface area contributed by atoms with Crippen molar-refractivity contribution in [2.45, 2.75) is 25.9 Å². The van der Waals surface area contributed by atoms with Gasteiger partial charge in [-0.15, -0.1) is 11.3 Å². The summed E-state index contributed by atoms with van der Waals surface area (Å²) in [6.45, 7) is 1.86. The molecule has 5 rings (SSSR count). The molecule has 4 aromatic rings. The van der Waals surface area contributed by atoms with Crippen LogP contribution in [0.3, 0.4) is 0 Å². The largest absolute Gasteiger partial charge is 0.497 e. The third-order valence-corrected chi connectivity index (χ3v) is 7.35. The zero-order chi connectivity index (χ0) is 27.5. The van der Waals surface area contributed by atoms with Crippen molar-refractivity contribution in [3.8, 4) is 5.75 Å². The highest BCUT2D eigenvalue weighted by molar-refractivity contribution is 7.14. The van der Waals surface area contributed by atoms with Crippen molar-refractivity contribution in [2.75, 3.05) is 17.7 Å². The van der Waals surface area contributed by atoms with E-state index in [9.17, 15) is 14.4 Å². The van der Waals surface area contributed by atoms with Crippen molar-refractivity contribution >= 4 is 52.3 Å². The van der Waals surface area contributed by atoms with Crippen LogP contribution in [0.1, 0.15) is 36.3 Å². The number of methoxy groups -OCH3 is 1. The van der Waals surface area contributed by atoms with Crippen LogP contribution < -0.4 is 15.4 Å². The van der Waals surface area contributed by atoms with Gasteiger partial charge in [-0.25, -0.2) is 9.97 Å². The van der Waals surface area contributed by atoms with Gasteiger partial charge >= 0.3 is 0 Å². The number of nitrogens with one attached hydrogen (secondary N) is 2. The van der Waals surface area contributed by atoms with Crippen LogP contribution in [-0.2, 0) is 17.8 Å². The molecule has 2 N–H and O–H groups in total. The SMILES string of the molecule is COc1ccnc(NC(=O)c2ccc(CN3C(=O)c4sc(C)nc4NC(=O)C3Cc3ccccn3)cc2Cl)c1. The Morgan fingerprint density at radius 2 is 2.00 bits per heavy atom. The number of thiazole rings is 1. The van der Waals surface area contributed by atoms with Crippen LogP contribution in [0, 0.1) is 6.92 Å². The lowest BCUT2D eigenvalue weighted by Gasteiger charge is -2.28. The minimum Gasteiger partial charge on any atom is -0.497 e. The molecule has 1 aliphatic heterocycles. The molecule has 1 unspecified atom stereocenters. The molecule has 0 bridgehead atoms. The quantitative estimate of drug-likeness (QED) is 0.342. The molecule has 1 aromatic carbocycles. The first-order valence-corrected chi connectivity index (χ1v) is 13.1. The Kier molecular flexibility index (Phi) is 7.53. The smallest absolute Gasteiger partial charge is 0.268 e. The van der Waals surface area contributed by atoms with Gasteiger partial charge < -0.3 is 20.3 Å². The first-order valence-electron chi connectivity index (χ1n) is 11.9. The molecule has 0 spiro atoms. The fraction of sp³-hybridized carbons (Fsp3) is 0.185. The first-order chi connectivity index (χ1) is 18.8. The minimum atomic E-state index is -0.838. The van der Waals surface area contributed by atoms with Gasteiger partial charge in [0.1, 0.15) is 22.5 Å². The molecule has 0 aliphatic carbocycles. The average molecular weight is 563 g/mol. The zero-order valence-electron chi connectivity index (χ0n) is 21.0. The molecular formula is C27H23ClN6O4S. The standard InChI is InChI=1S/C27H23ClN6O4S/c1-15-31-24-23(39-15)27(37)34(21(26(36)33-24)12-17-5-3-4-9-29-17)14-16-6-7-19(20(28)11-16)25(35)32-22-13-18(38-2)8-10-30-22/h3-11,13,21H,12,14H2,1-2H3,(H,33,36)(H,30,32,35). The number of hydrogen-bond donors (Lipinski definition) is 2. The number of carbonyl (C=O) groups excluding carboxylic acids is 3. The Balaban J connectivity index is 1.42. The van der Waals surface area contributed by atoms with Gasteiger partial charge in [-0.05, 0) is 42.8 Å². The monoisotopic (exact) mass is 562 g/mol. The maximum atomic E-state index is 13.7. The Bertz CT molecular complexity index is 1560. The van der Waals surface area contributed by atoms with E-state index in [0.29, 0.717) is 32.7 Å². The summed E-state index contributed by atoms with van der Waals surface area (Å²) in [6.07, 6.45) is 3.38. The highest BCUT2D eigenvalue weighted by atomic mass is 35.5. The van der Waals surface area contributed by atoms with E-state index in [1.165, 1.54) is 29.5 Å². The summed E-state index contributed by atoms with van der Waals surface area (Å²) in [5, 5.41) is 6.36. The second kappa shape index (κ2) is 11.2. The van der Waals surface area contributed by atoms with Crippen molar-refractivity contribution < 1.29 is 19.1 Å². The van der Waals surface area contributed by atoms with E-state index in [2.05, 4.69) is 25.6 Å². The number of carbonyl (C=O) groups is 3. The Morgan fingerprint density at radius 3 is 2.74 bits per heavy atom. The third-order valence-electron chi connectivity index (χ3n) is 6.08. The molecule has 0 saturated carbocycles. The number of halogens is 1. The molecule has 4 heterocycles. The van der Waals surface area contributed by atoms with E-state index in [-0.39, 0.29) is 41.2 Å². The van der Waals surface area contributed by atoms with Gasteiger partial charge in [0.15, 0.2) is 5.82 Å². The van der Waals surface area contributed by atoms with Gasteiger partial charge in [-0.1, -0.05) is 23.7 Å². The summed E-state index contributed by atoms with van der Waals surface area (Å²) in [6, 6.07) is 12.7. The molecule has 39 heavy (non-hydrogen) atoms. The number of anilines is 2. The maximum absolute atomic E-state index is 13.7. The molecule has 12 heteroatoms. The first kappa shape index (κ1) is 26.3. The molecular weight excluding hydrogens is 540 g/mol. The second-order valence-electron chi connectivity index (χ2n) is 8.72. The predicted molar refractivity (Wildman–Crippen MR) is 147 cm³/mol. The fourth-order valence-corrected chi connectivity index (χ4v) is 5.32. The van der Waals surface area contributed by atoms with Gasteiger partial charge in [0.25, 0.3) is 11.8 Å². The zero-order valence-corrected chi connectivity index (χ0v) is 22.5.